The highest BCUT2D eigenvalue weighted by molar-refractivity contribution is 6.31. The van der Waals surface area contributed by atoms with Gasteiger partial charge in [-0.15, -0.1) is 0 Å². The van der Waals surface area contributed by atoms with Gasteiger partial charge >= 0.3 is 0 Å². The number of benzene rings is 1. The van der Waals surface area contributed by atoms with Crippen molar-refractivity contribution in [2.24, 2.45) is 5.73 Å². The molecule has 0 amide bonds. The number of rotatable bonds is 3. The van der Waals surface area contributed by atoms with Crippen molar-refractivity contribution >= 4 is 11.6 Å². The first kappa shape index (κ1) is 10.5. The molecular formula is C10H13ClFN. The second-order valence-corrected chi connectivity index (χ2v) is 3.52. The van der Waals surface area contributed by atoms with E-state index in [1.165, 1.54) is 12.1 Å². The van der Waals surface area contributed by atoms with Crippen LogP contribution in [0.25, 0.3) is 0 Å². The van der Waals surface area contributed by atoms with Crippen LogP contribution < -0.4 is 5.73 Å². The molecule has 1 nitrogen and oxygen atoms in total. The molecule has 0 fully saturated rings. The summed E-state index contributed by atoms with van der Waals surface area (Å²) in [6, 6.07) is 4.41. The van der Waals surface area contributed by atoms with Crippen LogP contribution in [0.2, 0.25) is 5.02 Å². The van der Waals surface area contributed by atoms with Crippen LogP contribution in [0.5, 0.6) is 0 Å². The molecule has 0 aromatic heterocycles. The molecule has 72 valence electrons. The third-order valence-corrected chi connectivity index (χ3v) is 2.38. The van der Waals surface area contributed by atoms with E-state index < -0.39 is 0 Å². The van der Waals surface area contributed by atoms with Crippen molar-refractivity contribution < 1.29 is 4.39 Å². The Bertz CT molecular complexity index is 288. The number of hydrogen-bond donors (Lipinski definition) is 1. The monoisotopic (exact) mass is 201 g/mol. The van der Waals surface area contributed by atoms with Crippen LogP contribution in [0, 0.1) is 5.82 Å². The smallest absolute Gasteiger partial charge is 0.123 e. The molecule has 3 heteroatoms. The maximum Gasteiger partial charge on any atom is 0.123 e. The molecule has 2 N–H and O–H groups in total. The van der Waals surface area contributed by atoms with Crippen LogP contribution in [0.15, 0.2) is 18.2 Å². The molecule has 0 aliphatic rings. The molecule has 1 rings (SSSR count). The normalized spacial score (nSPS) is 12.9. The van der Waals surface area contributed by atoms with Crippen molar-refractivity contribution in [3.63, 3.8) is 0 Å². The maximum atomic E-state index is 12.8. The van der Waals surface area contributed by atoms with Gasteiger partial charge in [0, 0.05) is 11.1 Å². The summed E-state index contributed by atoms with van der Waals surface area (Å²) in [5.41, 5.74) is 6.53. The Morgan fingerprint density at radius 3 is 2.85 bits per heavy atom. The van der Waals surface area contributed by atoms with Crippen molar-refractivity contribution in [3.8, 4) is 0 Å². The molecule has 0 saturated heterocycles. The second kappa shape index (κ2) is 4.58. The quantitative estimate of drug-likeness (QED) is 0.800. The van der Waals surface area contributed by atoms with E-state index in [-0.39, 0.29) is 11.9 Å². The van der Waals surface area contributed by atoms with Gasteiger partial charge in [-0.3, -0.25) is 0 Å². The highest BCUT2D eigenvalue weighted by Gasteiger charge is 2.06. The summed E-state index contributed by atoms with van der Waals surface area (Å²) in [5, 5.41) is 0.588. The minimum atomic E-state index is -0.261. The van der Waals surface area contributed by atoms with Crippen LogP contribution in [-0.4, -0.2) is 6.04 Å². The van der Waals surface area contributed by atoms with Crippen LogP contribution in [-0.2, 0) is 6.42 Å². The standard InChI is InChI=1S/C10H13ClFN/c1-2-9(13)6-7-5-8(12)3-4-10(7)11/h3-5,9H,2,6,13H2,1H3. The molecule has 1 aromatic carbocycles. The highest BCUT2D eigenvalue weighted by Crippen LogP contribution is 2.18. The second-order valence-electron chi connectivity index (χ2n) is 3.11. The zero-order valence-electron chi connectivity index (χ0n) is 7.56. The van der Waals surface area contributed by atoms with E-state index in [0.717, 1.165) is 12.0 Å². The Balaban J connectivity index is 2.81. The molecule has 1 unspecified atom stereocenters. The number of hydrogen-bond acceptors (Lipinski definition) is 1. The van der Waals surface area contributed by atoms with E-state index in [9.17, 15) is 4.39 Å². The molecule has 13 heavy (non-hydrogen) atoms. The Labute approximate surface area is 82.7 Å². The number of nitrogens with two attached hydrogens (primary N) is 1. The van der Waals surface area contributed by atoms with E-state index >= 15 is 0 Å². The molecule has 0 aliphatic carbocycles. The average Bonchev–Trinajstić information content (AvgIpc) is 2.11. The SMILES string of the molecule is CCC(N)Cc1cc(F)ccc1Cl. The van der Waals surface area contributed by atoms with Gasteiger partial charge in [-0.05, 0) is 36.6 Å². The van der Waals surface area contributed by atoms with Crippen LogP contribution in [0.1, 0.15) is 18.9 Å². The zero-order valence-corrected chi connectivity index (χ0v) is 8.31. The fraction of sp³-hybridized carbons (Fsp3) is 0.400. The lowest BCUT2D eigenvalue weighted by Gasteiger charge is -2.09. The molecule has 0 saturated carbocycles. The first-order valence-electron chi connectivity index (χ1n) is 4.33. The third-order valence-electron chi connectivity index (χ3n) is 2.01. The van der Waals surface area contributed by atoms with Gasteiger partial charge in [0.25, 0.3) is 0 Å². The predicted molar refractivity (Wildman–Crippen MR) is 53.4 cm³/mol. The summed E-state index contributed by atoms with van der Waals surface area (Å²) >= 11 is 5.88. The summed E-state index contributed by atoms with van der Waals surface area (Å²) < 4.78 is 12.8. The number of halogens is 2. The fourth-order valence-electron chi connectivity index (χ4n) is 1.13. The molecule has 0 heterocycles. The van der Waals surface area contributed by atoms with Crippen molar-refractivity contribution in [1.29, 1.82) is 0 Å². The Hall–Kier alpha value is -0.600. The van der Waals surface area contributed by atoms with E-state index in [2.05, 4.69) is 0 Å². The molecule has 0 spiro atoms. The van der Waals surface area contributed by atoms with Crippen LogP contribution in [0.4, 0.5) is 4.39 Å². The van der Waals surface area contributed by atoms with Crippen LogP contribution >= 0.6 is 11.6 Å². The van der Waals surface area contributed by atoms with Gasteiger partial charge in [0.05, 0.1) is 0 Å². The first-order valence-corrected chi connectivity index (χ1v) is 4.70. The molecule has 0 aliphatic heterocycles. The van der Waals surface area contributed by atoms with Gasteiger partial charge in [-0.25, -0.2) is 4.39 Å². The van der Waals surface area contributed by atoms with E-state index in [1.807, 2.05) is 6.92 Å². The van der Waals surface area contributed by atoms with E-state index in [4.69, 9.17) is 17.3 Å². The lowest BCUT2D eigenvalue weighted by Crippen LogP contribution is -2.21. The van der Waals surface area contributed by atoms with E-state index in [0.29, 0.717) is 11.4 Å². The Morgan fingerprint density at radius 2 is 2.23 bits per heavy atom. The third kappa shape index (κ3) is 2.98. The van der Waals surface area contributed by atoms with Crippen LogP contribution in [0.3, 0.4) is 0 Å². The fourth-order valence-corrected chi connectivity index (χ4v) is 1.32. The van der Waals surface area contributed by atoms with Gasteiger partial charge in [0.15, 0.2) is 0 Å². The molecular weight excluding hydrogens is 189 g/mol. The molecule has 1 atom stereocenters. The van der Waals surface area contributed by atoms with Gasteiger partial charge in [0.2, 0.25) is 0 Å². The van der Waals surface area contributed by atoms with E-state index in [1.54, 1.807) is 6.07 Å². The minimum absolute atomic E-state index is 0.0549. The summed E-state index contributed by atoms with van der Waals surface area (Å²) in [5.74, 6) is -0.261. The molecule has 1 aromatic rings. The highest BCUT2D eigenvalue weighted by atomic mass is 35.5. The van der Waals surface area contributed by atoms with Gasteiger partial charge < -0.3 is 5.73 Å². The summed E-state index contributed by atoms with van der Waals surface area (Å²) in [6.07, 6.45) is 1.50. The lowest BCUT2D eigenvalue weighted by atomic mass is 10.0. The molecule has 0 radical (unpaired) electrons. The first-order chi connectivity index (χ1) is 6.13. The predicted octanol–water partition coefficient (Wildman–Crippen LogP) is 2.76. The maximum absolute atomic E-state index is 12.8. The van der Waals surface area contributed by atoms with Crippen molar-refractivity contribution in [1.82, 2.24) is 0 Å². The van der Waals surface area contributed by atoms with Gasteiger partial charge in [-0.1, -0.05) is 18.5 Å². The van der Waals surface area contributed by atoms with Crippen molar-refractivity contribution in [2.75, 3.05) is 0 Å². The summed E-state index contributed by atoms with van der Waals surface area (Å²) in [6.45, 7) is 2.00. The average molecular weight is 202 g/mol. The summed E-state index contributed by atoms with van der Waals surface area (Å²) in [7, 11) is 0. The lowest BCUT2D eigenvalue weighted by molar-refractivity contribution is 0.614. The minimum Gasteiger partial charge on any atom is -0.327 e. The van der Waals surface area contributed by atoms with Gasteiger partial charge in [-0.2, -0.15) is 0 Å². The topological polar surface area (TPSA) is 26.0 Å². The summed E-state index contributed by atoms with van der Waals surface area (Å²) in [4.78, 5) is 0. The van der Waals surface area contributed by atoms with Crippen molar-refractivity contribution in [3.05, 3.63) is 34.6 Å². The zero-order chi connectivity index (χ0) is 9.84. The van der Waals surface area contributed by atoms with Crippen molar-refractivity contribution in [2.45, 2.75) is 25.8 Å². The largest absolute Gasteiger partial charge is 0.327 e. The molecule has 0 bridgehead atoms. The van der Waals surface area contributed by atoms with Gasteiger partial charge in [0.1, 0.15) is 5.82 Å². The Kier molecular flexibility index (Phi) is 3.70. The Morgan fingerprint density at radius 1 is 1.54 bits per heavy atom.